The summed E-state index contributed by atoms with van der Waals surface area (Å²) in [5, 5.41) is 18.8. The van der Waals surface area contributed by atoms with Crippen LogP contribution in [0, 0.1) is 32.1 Å². The maximum atomic E-state index is 12.5. The van der Waals surface area contributed by atoms with Crippen molar-refractivity contribution in [1.82, 2.24) is 10.1 Å². The number of nitrogens with zero attached hydrogens (tertiary/aromatic N) is 3. The molecule has 10 heteroatoms. The highest BCUT2D eigenvalue weighted by molar-refractivity contribution is 7.92. The minimum Gasteiger partial charge on any atom is -0.360 e. The van der Waals surface area contributed by atoms with E-state index in [0.29, 0.717) is 22.0 Å². The van der Waals surface area contributed by atoms with Crippen LogP contribution in [0.1, 0.15) is 21.9 Å². The summed E-state index contributed by atoms with van der Waals surface area (Å²) in [6, 6.07) is 16.0. The molecule has 2 aromatic heterocycles. The van der Waals surface area contributed by atoms with Gasteiger partial charge in [-0.1, -0.05) is 28.9 Å². The minimum absolute atomic E-state index is 0.0706. The Bertz CT molecular complexity index is 1510. The number of nitriles is 1. The van der Waals surface area contributed by atoms with Crippen LogP contribution in [-0.4, -0.2) is 18.6 Å². The Morgan fingerprint density at radius 2 is 1.88 bits per heavy atom. The lowest BCUT2D eigenvalue weighted by molar-refractivity contribution is 0.400. The number of rotatable bonds is 7. The van der Waals surface area contributed by atoms with E-state index in [1.165, 1.54) is 35.1 Å². The van der Waals surface area contributed by atoms with Gasteiger partial charge in [-0.15, -0.1) is 11.3 Å². The second-order valence-electron chi connectivity index (χ2n) is 7.62. The van der Waals surface area contributed by atoms with Crippen molar-refractivity contribution in [2.45, 2.75) is 25.7 Å². The third-order valence-corrected chi connectivity index (χ3v) is 7.17. The molecule has 0 fully saturated rings. The molecule has 0 saturated carbocycles. The van der Waals surface area contributed by atoms with Crippen LogP contribution in [0.15, 0.2) is 69.5 Å². The molecular weight excluding hydrogens is 470 g/mol. The number of hydrogen-bond donors (Lipinski definition) is 2. The van der Waals surface area contributed by atoms with E-state index in [0.717, 1.165) is 16.8 Å². The molecule has 0 unspecified atom stereocenters. The van der Waals surface area contributed by atoms with Gasteiger partial charge in [0.15, 0.2) is 5.82 Å². The summed E-state index contributed by atoms with van der Waals surface area (Å²) in [7, 11) is -3.80. The molecule has 4 aromatic rings. The molecule has 0 atom stereocenters. The van der Waals surface area contributed by atoms with E-state index in [2.05, 4.69) is 32.3 Å². The van der Waals surface area contributed by atoms with Gasteiger partial charge in [0.05, 0.1) is 10.6 Å². The van der Waals surface area contributed by atoms with Crippen molar-refractivity contribution in [2.24, 2.45) is 0 Å². The van der Waals surface area contributed by atoms with Crippen molar-refractivity contribution in [3.63, 3.8) is 0 Å². The normalized spacial score (nSPS) is 11.8. The van der Waals surface area contributed by atoms with Crippen molar-refractivity contribution < 1.29 is 12.9 Å². The first-order chi connectivity index (χ1) is 16.2. The monoisotopic (exact) mass is 491 g/mol. The first-order valence-electron chi connectivity index (χ1n) is 10.2. The molecule has 2 aromatic carbocycles. The number of allylic oxidation sites excluding steroid dienone is 1. The van der Waals surface area contributed by atoms with Crippen molar-refractivity contribution >= 4 is 38.4 Å². The molecular formula is C24H21N5O3S2. The lowest BCUT2D eigenvalue weighted by atomic mass is 10.0. The van der Waals surface area contributed by atoms with Crippen LogP contribution in [-0.2, 0) is 10.0 Å². The maximum Gasteiger partial charge on any atom is 0.263 e. The van der Waals surface area contributed by atoms with Crippen LogP contribution in [0.4, 0.5) is 11.5 Å². The fraction of sp³-hybridized carbons (Fsp3) is 0.125. The van der Waals surface area contributed by atoms with Crippen molar-refractivity contribution in [3.8, 4) is 17.3 Å². The second-order valence-corrected chi connectivity index (χ2v) is 10.2. The third-order valence-electron chi connectivity index (χ3n) is 4.93. The van der Waals surface area contributed by atoms with Gasteiger partial charge >= 0.3 is 0 Å². The average molecular weight is 492 g/mol. The number of sulfonamides is 1. The van der Waals surface area contributed by atoms with Crippen LogP contribution >= 0.6 is 11.3 Å². The average Bonchev–Trinajstić information content (AvgIpc) is 3.43. The van der Waals surface area contributed by atoms with E-state index >= 15 is 0 Å². The first-order valence-corrected chi connectivity index (χ1v) is 12.6. The quantitative estimate of drug-likeness (QED) is 0.327. The summed E-state index contributed by atoms with van der Waals surface area (Å²) in [6.07, 6.45) is 1.56. The Kier molecular flexibility index (Phi) is 6.49. The molecule has 0 bridgehead atoms. The largest absolute Gasteiger partial charge is 0.360 e. The molecule has 34 heavy (non-hydrogen) atoms. The Labute approximate surface area is 201 Å². The van der Waals surface area contributed by atoms with Crippen molar-refractivity contribution in [3.05, 3.63) is 82.0 Å². The number of nitrogens with one attached hydrogen (secondary N) is 2. The van der Waals surface area contributed by atoms with Crippen molar-refractivity contribution in [1.29, 1.82) is 5.26 Å². The second kappa shape index (κ2) is 9.51. The molecule has 2 heterocycles. The van der Waals surface area contributed by atoms with Crippen LogP contribution in [0.5, 0.6) is 0 Å². The van der Waals surface area contributed by atoms with Gasteiger partial charge in [-0.3, -0.25) is 4.72 Å². The highest BCUT2D eigenvalue weighted by atomic mass is 32.2. The number of aromatic nitrogens is 2. The topological polar surface area (TPSA) is 121 Å². The van der Waals surface area contributed by atoms with Crippen LogP contribution < -0.4 is 10.0 Å². The highest BCUT2D eigenvalue weighted by Crippen LogP contribution is 2.29. The fourth-order valence-electron chi connectivity index (χ4n) is 3.26. The third kappa shape index (κ3) is 5.17. The van der Waals surface area contributed by atoms with Crippen LogP contribution in [0.2, 0.25) is 0 Å². The fourth-order valence-corrected chi connectivity index (χ4v) is 5.03. The molecule has 0 aliphatic rings. The predicted molar refractivity (Wildman–Crippen MR) is 133 cm³/mol. The van der Waals surface area contributed by atoms with Crippen LogP contribution in [0.25, 0.3) is 16.8 Å². The Hall–Kier alpha value is -3.94. The summed E-state index contributed by atoms with van der Waals surface area (Å²) in [4.78, 5) is 4.70. The first kappa shape index (κ1) is 23.2. The zero-order chi connectivity index (χ0) is 24.3. The van der Waals surface area contributed by atoms with E-state index in [1.807, 2.05) is 31.4 Å². The summed E-state index contributed by atoms with van der Waals surface area (Å²) in [6.45, 7) is 5.75. The molecule has 0 aliphatic carbocycles. The predicted octanol–water partition coefficient (Wildman–Crippen LogP) is 5.50. The van der Waals surface area contributed by atoms with Crippen LogP contribution in [0.3, 0.4) is 0 Å². The van der Waals surface area contributed by atoms with E-state index in [9.17, 15) is 13.7 Å². The Balaban J connectivity index is 1.48. The molecule has 0 radical (unpaired) electrons. The molecule has 2 N–H and O–H groups in total. The number of thiazole rings is 1. The maximum absolute atomic E-state index is 12.5. The molecule has 0 aliphatic heterocycles. The molecule has 172 valence electrons. The summed E-state index contributed by atoms with van der Waals surface area (Å²) in [5.41, 5.74) is 5.16. The lowest BCUT2D eigenvalue weighted by Gasteiger charge is -2.06. The summed E-state index contributed by atoms with van der Waals surface area (Å²) in [5.74, 6) is 0.614. The van der Waals surface area contributed by atoms with Gasteiger partial charge in [-0.05, 0) is 50.6 Å². The molecule has 0 spiro atoms. The van der Waals surface area contributed by atoms with E-state index in [1.54, 1.807) is 25.3 Å². The minimum atomic E-state index is -3.80. The van der Waals surface area contributed by atoms with Gasteiger partial charge in [0.2, 0.25) is 0 Å². The molecule has 8 nitrogen and oxygen atoms in total. The van der Waals surface area contributed by atoms with Gasteiger partial charge in [-0.2, -0.15) is 5.26 Å². The van der Waals surface area contributed by atoms with Gasteiger partial charge in [0, 0.05) is 28.9 Å². The highest BCUT2D eigenvalue weighted by Gasteiger charge is 2.16. The molecule has 0 amide bonds. The SMILES string of the molecule is Cc1ccc(-c2csc(/C(C#N)=C\Nc3ccc(S(=O)(=O)Nc4cc(C)on4)cc3)n2)c(C)c1. The molecule has 4 rings (SSSR count). The van der Waals surface area contributed by atoms with Gasteiger partial charge in [0.1, 0.15) is 22.4 Å². The van der Waals surface area contributed by atoms with Crippen molar-refractivity contribution in [2.75, 3.05) is 10.0 Å². The number of hydrogen-bond acceptors (Lipinski definition) is 8. The van der Waals surface area contributed by atoms with E-state index < -0.39 is 10.0 Å². The Morgan fingerprint density at radius 1 is 1.12 bits per heavy atom. The lowest BCUT2D eigenvalue weighted by Crippen LogP contribution is -2.13. The summed E-state index contributed by atoms with van der Waals surface area (Å²) >= 11 is 1.39. The van der Waals surface area contributed by atoms with E-state index in [4.69, 9.17) is 4.52 Å². The summed E-state index contributed by atoms with van der Waals surface area (Å²) < 4.78 is 32.3. The standard InChI is InChI=1S/C24H21N5O3S2/c1-15-4-9-21(16(2)10-15)22-14-33-24(27-22)18(12-25)13-26-19-5-7-20(8-6-19)34(30,31)29-23-11-17(3)32-28-23/h4-11,13-14,26H,1-3H3,(H,28,29)/b18-13-. The van der Waals surface area contributed by atoms with Gasteiger partial charge < -0.3 is 9.84 Å². The Morgan fingerprint density at radius 3 is 2.53 bits per heavy atom. The number of anilines is 2. The van der Waals surface area contributed by atoms with E-state index in [-0.39, 0.29) is 10.7 Å². The van der Waals surface area contributed by atoms with Gasteiger partial charge in [-0.25, -0.2) is 13.4 Å². The smallest absolute Gasteiger partial charge is 0.263 e. The number of aryl methyl sites for hydroxylation is 3. The van der Waals surface area contributed by atoms with Gasteiger partial charge in [0.25, 0.3) is 10.0 Å². The number of benzene rings is 2. The molecule has 0 saturated heterocycles. The zero-order valence-corrected chi connectivity index (χ0v) is 20.3. The zero-order valence-electron chi connectivity index (χ0n) is 18.7.